The lowest BCUT2D eigenvalue weighted by Crippen LogP contribution is -2.37. The van der Waals surface area contributed by atoms with E-state index in [0.717, 1.165) is 6.54 Å². The van der Waals surface area contributed by atoms with Crippen molar-refractivity contribution in [3.05, 3.63) is 30.3 Å². The first kappa shape index (κ1) is 8.57. The van der Waals surface area contributed by atoms with E-state index < -0.39 is 0 Å². The number of nitrogens with zero attached hydrogens (tertiary/aromatic N) is 1. The van der Waals surface area contributed by atoms with Gasteiger partial charge in [-0.05, 0) is 25.0 Å². The highest BCUT2D eigenvalue weighted by Crippen LogP contribution is 2.33. The zero-order valence-electron chi connectivity index (χ0n) is 8.03. The summed E-state index contributed by atoms with van der Waals surface area (Å²) < 4.78 is 0. The fourth-order valence-electron chi connectivity index (χ4n) is 1.56. The fraction of sp³-hybridized carbons (Fsp3) is 0.455. The average molecular weight is 176 g/mol. The van der Waals surface area contributed by atoms with E-state index in [1.165, 1.54) is 18.5 Å². The summed E-state index contributed by atoms with van der Waals surface area (Å²) in [5.74, 6) is 0. The minimum Gasteiger partial charge on any atom is -0.373 e. The predicted octanol–water partition coefficient (Wildman–Crippen LogP) is 1.61. The van der Waals surface area contributed by atoms with Crippen molar-refractivity contribution in [3.63, 3.8) is 0 Å². The SMILES string of the molecule is CN(CC1(N)CC1)c1ccccc1. The molecule has 0 saturated heterocycles. The first-order chi connectivity index (χ1) is 6.20. The van der Waals surface area contributed by atoms with Gasteiger partial charge in [0.25, 0.3) is 0 Å². The number of rotatable bonds is 3. The van der Waals surface area contributed by atoms with Crippen LogP contribution in [0.3, 0.4) is 0 Å². The molecule has 2 N–H and O–H groups in total. The van der Waals surface area contributed by atoms with E-state index in [0.29, 0.717) is 0 Å². The number of para-hydroxylation sites is 1. The van der Waals surface area contributed by atoms with Crippen LogP contribution in [-0.4, -0.2) is 19.1 Å². The molecule has 1 aromatic rings. The Balaban J connectivity index is 2.01. The third kappa shape index (κ3) is 2.01. The van der Waals surface area contributed by atoms with Crippen molar-refractivity contribution in [1.82, 2.24) is 0 Å². The van der Waals surface area contributed by atoms with E-state index in [9.17, 15) is 0 Å². The van der Waals surface area contributed by atoms with Gasteiger partial charge < -0.3 is 10.6 Å². The second-order valence-electron chi connectivity index (χ2n) is 4.05. The number of likely N-dealkylation sites (N-methyl/N-ethyl adjacent to an activating group) is 1. The van der Waals surface area contributed by atoms with Gasteiger partial charge >= 0.3 is 0 Å². The molecule has 13 heavy (non-hydrogen) atoms. The van der Waals surface area contributed by atoms with Crippen LogP contribution in [0.2, 0.25) is 0 Å². The van der Waals surface area contributed by atoms with Gasteiger partial charge in [0.05, 0.1) is 0 Å². The Bertz CT molecular complexity index is 277. The van der Waals surface area contributed by atoms with Crippen LogP contribution in [-0.2, 0) is 0 Å². The quantitative estimate of drug-likeness (QED) is 0.758. The first-order valence-electron chi connectivity index (χ1n) is 4.75. The zero-order chi connectivity index (χ0) is 9.31. The maximum atomic E-state index is 6.04. The molecule has 0 bridgehead atoms. The summed E-state index contributed by atoms with van der Waals surface area (Å²) in [7, 11) is 2.10. The van der Waals surface area contributed by atoms with E-state index in [2.05, 4.69) is 36.2 Å². The molecule has 2 nitrogen and oxygen atoms in total. The third-order valence-corrected chi connectivity index (χ3v) is 2.64. The summed E-state index contributed by atoms with van der Waals surface area (Å²) in [6.45, 7) is 0.969. The molecule has 0 radical (unpaired) electrons. The summed E-state index contributed by atoms with van der Waals surface area (Å²) in [5, 5.41) is 0. The summed E-state index contributed by atoms with van der Waals surface area (Å²) in [5.41, 5.74) is 7.39. The molecule has 0 atom stereocenters. The number of anilines is 1. The highest BCUT2D eigenvalue weighted by Gasteiger charge is 2.39. The lowest BCUT2D eigenvalue weighted by Gasteiger charge is -2.22. The molecule has 2 heteroatoms. The zero-order valence-corrected chi connectivity index (χ0v) is 8.03. The second kappa shape index (κ2) is 3.04. The van der Waals surface area contributed by atoms with Crippen LogP contribution in [0.25, 0.3) is 0 Å². The van der Waals surface area contributed by atoms with E-state index in [1.807, 2.05) is 6.07 Å². The van der Waals surface area contributed by atoms with E-state index in [-0.39, 0.29) is 5.54 Å². The topological polar surface area (TPSA) is 29.3 Å². The molecule has 1 fully saturated rings. The van der Waals surface area contributed by atoms with Gasteiger partial charge in [-0.2, -0.15) is 0 Å². The summed E-state index contributed by atoms with van der Waals surface area (Å²) >= 11 is 0. The van der Waals surface area contributed by atoms with Crippen molar-refractivity contribution in [3.8, 4) is 0 Å². The third-order valence-electron chi connectivity index (χ3n) is 2.64. The van der Waals surface area contributed by atoms with Crippen molar-refractivity contribution in [2.75, 3.05) is 18.5 Å². The van der Waals surface area contributed by atoms with Crippen molar-refractivity contribution in [1.29, 1.82) is 0 Å². The molecule has 1 aliphatic carbocycles. The monoisotopic (exact) mass is 176 g/mol. The van der Waals surface area contributed by atoms with Gasteiger partial charge in [-0.25, -0.2) is 0 Å². The molecule has 2 rings (SSSR count). The molecule has 1 aliphatic rings. The highest BCUT2D eigenvalue weighted by molar-refractivity contribution is 5.45. The Kier molecular flexibility index (Phi) is 2.00. The van der Waals surface area contributed by atoms with E-state index >= 15 is 0 Å². The van der Waals surface area contributed by atoms with Gasteiger partial charge in [-0.3, -0.25) is 0 Å². The summed E-state index contributed by atoms with van der Waals surface area (Å²) in [6, 6.07) is 10.4. The highest BCUT2D eigenvalue weighted by atomic mass is 15.1. The molecular weight excluding hydrogens is 160 g/mol. The number of hydrogen-bond donors (Lipinski definition) is 1. The van der Waals surface area contributed by atoms with Crippen molar-refractivity contribution >= 4 is 5.69 Å². The average Bonchev–Trinajstić information content (AvgIpc) is 2.85. The predicted molar refractivity (Wildman–Crippen MR) is 55.9 cm³/mol. The van der Waals surface area contributed by atoms with Crippen molar-refractivity contribution in [2.45, 2.75) is 18.4 Å². The van der Waals surface area contributed by atoms with Crippen LogP contribution in [0.5, 0.6) is 0 Å². The van der Waals surface area contributed by atoms with Gasteiger partial charge in [0.1, 0.15) is 0 Å². The molecule has 70 valence electrons. The minimum absolute atomic E-state index is 0.102. The molecule has 0 aromatic heterocycles. The lowest BCUT2D eigenvalue weighted by atomic mass is 10.2. The number of nitrogens with two attached hydrogens (primary N) is 1. The van der Waals surface area contributed by atoms with Gasteiger partial charge in [0, 0.05) is 24.8 Å². The lowest BCUT2D eigenvalue weighted by molar-refractivity contribution is 0.660. The first-order valence-corrected chi connectivity index (χ1v) is 4.75. The van der Waals surface area contributed by atoms with Crippen LogP contribution >= 0.6 is 0 Å². The summed E-state index contributed by atoms with van der Waals surface area (Å²) in [6.07, 6.45) is 2.34. The standard InChI is InChI=1S/C11H16N2/c1-13(9-11(12)7-8-11)10-5-3-2-4-6-10/h2-6H,7-9,12H2,1H3. The summed E-state index contributed by atoms with van der Waals surface area (Å²) in [4.78, 5) is 2.23. The Hall–Kier alpha value is -1.02. The van der Waals surface area contributed by atoms with Crippen molar-refractivity contribution < 1.29 is 0 Å². The normalized spacial score (nSPS) is 18.3. The molecular formula is C11H16N2. The van der Waals surface area contributed by atoms with Crippen LogP contribution in [0, 0.1) is 0 Å². The van der Waals surface area contributed by atoms with Crippen LogP contribution in [0.4, 0.5) is 5.69 Å². The molecule has 0 amide bonds. The molecule has 1 saturated carbocycles. The Morgan fingerprint density at radius 3 is 2.46 bits per heavy atom. The van der Waals surface area contributed by atoms with Gasteiger partial charge in [0.2, 0.25) is 0 Å². The van der Waals surface area contributed by atoms with Gasteiger partial charge in [0.15, 0.2) is 0 Å². The van der Waals surface area contributed by atoms with Crippen LogP contribution in [0.15, 0.2) is 30.3 Å². The fourth-order valence-corrected chi connectivity index (χ4v) is 1.56. The van der Waals surface area contributed by atoms with E-state index in [1.54, 1.807) is 0 Å². The van der Waals surface area contributed by atoms with Crippen molar-refractivity contribution in [2.24, 2.45) is 5.73 Å². The smallest absolute Gasteiger partial charge is 0.0364 e. The maximum absolute atomic E-state index is 6.04. The second-order valence-corrected chi connectivity index (χ2v) is 4.05. The van der Waals surface area contributed by atoms with Crippen LogP contribution in [0.1, 0.15) is 12.8 Å². The minimum atomic E-state index is 0.102. The molecule has 0 aliphatic heterocycles. The van der Waals surface area contributed by atoms with E-state index in [4.69, 9.17) is 5.73 Å². The molecule has 0 heterocycles. The maximum Gasteiger partial charge on any atom is 0.0364 e. The molecule has 0 spiro atoms. The Labute approximate surface area is 79.4 Å². The van der Waals surface area contributed by atoms with Gasteiger partial charge in [-0.15, -0.1) is 0 Å². The largest absolute Gasteiger partial charge is 0.373 e. The van der Waals surface area contributed by atoms with Crippen LogP contribution < -0.4 is 10.6 Å². The number of hydrogen-bond acceptors (Lipinski definition) is 2. The van der Waals surface area contributed by atoms with Gasteiger partial charge in [-0.1, -0.05) is 18.2 Å². The molecule has 1 aromatic carbocycles. The Morgan fingerprint density at radius 1 is 1.31 bits per heavy atom. The number of benzene rings is 1. The Morgan fingerprint density at radius 2 is 1.92 bits per heavy atom. The molecule has 0 unspecified atom stereocenters.